The molecular weight excluding hydrogens is 246 g/mol. The van der Waals surface area contributed by atoms with Crippen LogP contribution in [0.25, 0.3) is 5.69 Å². The maximum absolute atomic E-state index is 6.36. The Morgan fingerprint density at radius 3 is 3.00 bits per heavy atom. The van der Waals surface area contributed by atoms with E-state index in [4.69, 9.17) is 11.6 Å². The number of benzene rings is 1. The van der Waals surface area contributed by atoms with E-state index in [0.717, 1.165) is 23.8 Å². The van der Waals surface area contributed by atoms with Crippen molar-refractivity contribution in [2.75, 3.05) is 13.1 Å². The Morgan fingerprint density at radius 1 is 1.39 bits per heavy atom. The fraction of sp³-hybridized carbons (Fsp3) is 0.357. The van der Waals surface area contributed by atoms with Gasteiger partial charge in [-0.15, -0.1) is 0 Å². The van der Waals surface area contributed by atoms with Crippen LogP contribution in [-0.2, 0) is 0 Å². The highest BCUT2D eigenvalue weighted by Crippen LogP contribution is 2.28. The second-order valence-corrected chi connectivity index (χ2v) is 5.11. The van der Waals surface area contributed by atoms with Crippen molar-refractivity contribution in [1.82, 2.24) is 15.1 Å². The molecule has 94 valence electrons. The summed E-state index contributed by atoms with van der Waals surface area (Å²) in [5, 5.41) is 8.41. The number of rotatable bonds is 2. The van der Waals surface area contributed by atoms with Gasteiger partial charge in [0, 0.05) is 18.9 Å². The topological polar surface area (TPSA) is 29.9 Å². The Morgan fingerprint density at radius 2 is 2.33 bits per heavy atom. The summed E-state index contributed by atoms with van der Waals surface area (Å²) in [5.74, 6) is 0.586. The van der Waals surface area contributed by atoms with Gasteiger partial charge >= 0.3 is 0 Å². The second-order valence-electron chi connectivity index (χ2n) is 4.70. The second kappa shape index (κ2) is 5.12. The molecule has 3 rings (SSSR count). The average Bonchev–Trinajstić information content (AvgIpc) is 2.93. The van der Waals surface area contributed by atoms with E-state index in [9.17, 15) is 0 Å². The zero-order valence-corrected chi connectivity index (χ0v) is 10.9. The molecule has 0 radical (unpaired) electrons. The van der Waals surface area contributed by atoms with Gasteiger partial charge in [-0.2, -0.15) is 5.10 Å². The van der Waals surface area contributed by atoms with Crippen LogP contribution in [0.3, 0.4) is 0 Å². The first kappa shape index (κ1) is 11.8. The first-order valence-corrected chi connectivity index (χ1v) is 6.72. The molecule has 1 aromatic carbocycles. The molecule has 4 heteroatoms. The molecule has 1 fully saturated rings. The fourth-order valence-corrected chi connectivity index (χ4v) is 2.79. The number of aromatic nitrogens is 2. The lowest BCUT2D eigenvalue weighted by molar-refractivity contribution is 0.461. The molecule has 1 aliphatic rings. The first-order valence-electron chi connectivity index (χ1n) is 6.35. The highest BCUT2D eigenvalue weighted by Gasteiger charge is 2.16. The summed E-state index contributed by atoms with van der Waals surface area (Å²) in [6.45, 7) is 2.19. The van der Waals surface area contributed by atoms with Crippen molar-refractivity contribution in [3.05, 3.63) is 47.2 Å². The van der Waals surface area contributed by atoms with Crippen LogP contribution >= 0.6 is 11.6 Å². The lowest BCUT2D eigenvalue weighted by atomic mass is 9.91. The van der Waals surface area contributed by atoms with Crippen LogP contribution in [0.2, 0.25) is 5.02 Å². The third-order valence-corrected chi connectivity index (χ3v) is 3.79. The largest absolute Gasteiger partial charge is 0.316 e. The molecule has 18 heavy (non-hydrogen) atoms. The highest BCUT2D eigenvalue weighted by molar-refractivity contribution is 6.32. The molecule has 2 aromatic rings. The minimum atomic E-state index is 0.586. The van der Waals surface area contributed by atoms with E-state index >= 15 is 0 Å². The van der Waals surface area contributed by atoms with Gasteiger partial charge in [0.15, 0.2) is 0 Å². The molecule has 0 spiro atoms. The van der Waals surface area contributed by atoms with E-state index in [1.807, 2.05) is 12.3 Å². The molecule has 0 saturated carbocycles. The molecule has 2 heterocycles. The molecular formula is C14H16ClN3. The SMILES string of the molecule is Clc1cc(C2CCCNC2)ccc1-n1cccn1. The minimum Gasteiger partial charge on any atom is -0.316 e. The van der Waals surface area contributed by atoms with Crippen molar-refractivity contribution in [1.29, 1.82) is 0 Å². The Balaban J connectivity index is 1.89. The lowest BCUT2D eigenvalue weighted by Crippen LogP contribution is -2.28. The molecule has 0 bridgehead atoms. The van der Waals surface area contributed by atoms with Crippen LogP contribution < -0.4 is 5.32 Å². The van der Waals surface area contributed by atoms with Gasteiger partial charge in [-0.1, -0.05) is 17.7 Å². The average molecular weight is 262 g/mol. The van der Waals surface area contributed by atoms with Gasteiger partial charge in [-0.05, 0) is 49.1 Å². The van der Waals surface area contributed by atoms with E-state index < -0.39 is 0 Å². The predicted octanol–water partition coefficient (Wildman–Crippen LogP) is 2.99. The quantitative estimate of drug-likeness (QED) is 0.901. The molecule has 0 aliphatic carbocycles. The number of halogens is 1. The van der Waals surface area contributed by atoms with Crippen molar-refractivity contribution >= 4 is 11.6 Å². The number of hydrogen-bond donors (Lipinski definition) is 1. The van der Waals surface area contributed by atoms with Crippen LogP contribution in [-0.4, -0.2) is 22.9 Å². The number of piperidine rings is 1. The normalized spacial score (nSPS) is 19.9. The minimum absolute atomic E-state index is 0.586. The van der Waals surface area contributed by atoms with Gasteiger partial charge < -0.3 is 5.32 Å². The summed E-state index contributed by atoms with van der Waals surface area (Å²) in [4.78, 5) is 0. The van der Waals surface area contributed by atoms with Crippen molar-refractivity contribution in [2.45, 2.75) is 18.8 Å². The summed E-state index contributed by atoms with van der Waals surface area (Å²) in [5.41, 5.74) is 2.26. The van der Waals surface area contributed by atoms with Gasteiger partial charge in [0.25, 0.3) is 0 Å². The smallest absolute Gasteiger partial charge is 0.0831 e. The highest BCUT2D eigenvalue weighted by atomic mass is 35.5. The van der Waals surface area contributed by atoms with Gasteiger partial charge in [-0.3, -0.25) is 0 Å². The number of nitrogens with one attached hydrogen (secondary N) is 1. The standard InChI is InChI=1S/C14H16ClN3/c15-13-9-11(12-3-1-6-16-10-12)4-5-14(13)18-8-2-7-17-18/h2,4-5,7-9,12,16H,1,3,6,10H2. The third-order valence-electron chi connectivity index (χ3n) is 3.49. The van der Waals surface area contributed by atoms with Crippen LogP contribution in [0.5, 0.6) is 0 Å². The van der Waals surface area contributed by atoms with Gasteiger partial charge in [0.05, 0.1) is 10.7 Å². The lowest BCUT2D eigenvalue weighted by Gasteiger charge is -2.23. The van der Waals surface area contributed by atoms with Gasteiger partial charge in [0.1, 0.15) is 0 Å². The first-order chi connectivity index (χ1) is 8.84. The third kappa shape index (κ3) is 2.28. The van der Waals surface area contributed by atoms with E-state index in [1.54, 1.807) is 10.9 Å². The van der Waals surface area contributed by atoms with Crippen molar-refractivity contribution < 1.29 is 0 Å². The molecule has 1 aromatic heterocycles. The van der Waals surface area contributed by atoms with Gasteiger partial charge in [0.2, 0.25) is 0 Å². The van der Waals surface area contributed by atoms with E-state index in [1.165, 1.54) is 18.4 Å². The van der Waals surface area contributed by atoms with Crippen LogP contribution in [0, 0.1) is 0 Å². The summed E-state index contributed by atoms with van der Waals surface area (Å²) >= 11 is 6.36. The van der Waals surface area contributed by atoms with Crippen molar-refractivity contribution in [2.24, 2.45) is 0 Å². The zero-order chi connectivity index (χ0) is 12.4. The molecule has 1 aliphatic heterocycles. The van der Waals surface area contributed by atoms with Crippen LogP contribution in [0.1, 0.15) is 24.3 Å². The maximum Gasteiger partial charge on any atom is 0.0831 e. The monoisotopic (exact) mass is 261 g/mol. The molecule has 0 amide bonds. The Bertz CT molecular complexity index is 516. The van der Waals surface area contributed by atoms with Crippen molar-refractivity contribution in [3.63, 3.8) is 0 Å². The maximum atomic E-state index is 6.36. The molecule has 3 nitrogen and oxygen atoms in total. The Hall–Kier alpha value is -1.32. The van der Waals surface area contributed by atoms with Crippen LogP contribution in [0.15, 0.2) is 36.7 Å². The Labute approximate surface area is 112 Å². The predicted molar refractivity (Wildman–Crippen MR) is 73.4 cm³/mol. The van der Waals surface area contributed by atoms with E-state index in [0.29, 0.717) is 5.92 Å². The van der Waals surface area contributed by atoms with E-state index in [2.05, 4.69) is 28.6 Å². The molecule has 1 N–H and O–H groups in total. The number of nitrogens with zero attached hydrogens (tertiary/aromatic N) is 2. The van der Waals surface area contributed by atoms with Gasteiger partial charge in [-0.25, -0.2) is 4.68 Å². The molecule has 1 atom stereocenters. The van der Waals surface area contributed by atoms with E-state index in [-0.39, 0.29) is 0 Å². The summed E-state index contributed by atoms with van der Waals surface area (Å²) in [6, 6.07) is 8.20. The molecule has 1 unspecified atom stereocenters. The number of hydrogen-bond acceptors (Lipinski definition) is 2. The summed E-state index contributed by atoms with van der Waals surface area (Å²) in [7, 11) is 0. The summed E-state index contributed by atoms with van der Waals surface area (Å²) in [6.07, 6.45) is 6.14. The Kier molecular flexibility index (Phi) is 3.35. The molecule has 1 saturated heterocycles. The van der Waals surface area contributed by atoms with Crippen molar-refractivity contribution in [3.8, 4) is 5.69 Å². The summed E-state index contributed by atoms with van der Waals surface area (Å²) < 4.78 is 1.80. The fourth-order valence-electron chi connectivity index (χ4n) is 2.51. The van der Waals surface area contributed by atoms with Crippen LogP contribution in [0.4, 0.5) is 0 Å². The zero-order valence-electron chi connectivity index (χ0n) is 10.1.